The van der Waals surface area contributed by atoms with E-state index in [9.17, 15) is 9.59 Å². The predicted molar refractivity (Wildman–Crippen MR) is 89.9 cm³/mol. The van der Waals surface area contributed by atoms with E-state index in [1.165, 1.54) is 0 Å². The Hall–Kier alpha value is -2.69. The van der Waals surface area contributed by atoms with Crippen LogP contribution in [0.3, 0.4) is 0 Å². The molecule has 0 saturated carbocycles. The lowest BCUT2D eigenvalue weighted by atomic mass is 9.87. The van der Waals surface area contributed by atoms with Gasteiger partial charge in [-0.25, -0.2) is 0 Å². The van der Waals surface area contributed by atoms with Gasteiger partial charge in [0, 0.05) is 11.9 Å². The second-order valence-electron chi connectivity index (χ2n) is 6.29. The standard InChI is InChI=1S/C18H21N3O2/c1-18(2,3)13-7-9-14(10-8-13)21-17(23)16(22)20-12-15-6-4-5-11-19-15/h4-11H,12H2,1-3H3,(H,20,22)(H,21,23). The zero-order valence-corrected chi connectivity index (χ0v) is 13.6. The summed E-state index contributed by atoms with van der Waals surface area (Å²) in [7, 11) is 0. The molecule has 0 aliphatic rings. The predicted octanol–water partition coefficient (Wildman–Crippen LogP) is 2.63. The van der Waals surface area contributed by atoms with Crippen molar-refractivity contribution in [1.29, 1.82) is 0 Å². The molecule has 1 heterocycles. The summed E-state index contributed by atoms with van der Waals surface area (Å²) in [5, 5.41) is 5.13. The number of carbonyl (C=O) groups excluding carboxylic acids is 2. The molecule has 0 fully saturated rings. The van der Waals surface area contributed by atoms with Gasteiger partial charge in [0.2, 0.25) is 0 Å². The van der Waals surface area contributed by atoms with E-state index in [0.717, 1.165) is 5.56 Å². The number of carbonyl (C=O) groups is 2. The largest absolute Gasteiger partial charge is 0.342 e. The monoisotopic (exact) mass is 311 g/mol. The number of hydrogen-bond acceptors (Lipinski definition) is 3. The normalized spacial score (nSPS) is 10.9. The number of benzene rings is 1. The van der Waals surface area contributed by atoms with E-state index >= 15 is 0 Å². The van der Waals surface area contributed by atoms with Crippen molar-refractivity contribution in [3.05, 3.63) is 59.9 Å². The number of nitrogens with zero attached hydrogens (tertiary/aromatic N) is 1. The van der Waals surface area contributed by atoms with Crippen molar-refractivity contribution in [2.24, 2.45) is 0 Å². The van der Waals surface area contributed by atoms with Crippen LogP contribution in [0.4, 0.5) is 5.69 Å². The minimum absolute atomic E-state index is 0.0442. The van der Waals surface area contributed by atoms with Gasteiger partial charge in [-0.2, -0.15) is 0 Å². The number of anilines is 1. The Balaban J connectivity index is 1.89. The van der Waals surface area contributed by atoms with E-state index in [1.54, 1.807) is 30.5 Å². The fraction of sp³-hybridized carbons (Fsp3) is 0.278. The van der Waals surface area contributed by atoms with Crippen molar-refractivity contribution < 1.29 is 9.59 Å². The summed E-state index contributed by atoms with van der Waals surface area (Å²) in [6.07, 6.45) is 1.64. The second-order valence-corrected chi connectivity index (χ2v) is 6.29. The van der Waals surface area contributed by atoms with Crippen LogP contribution in [0.5, 0.6) is 0 Å². The van der Waals surface area contributed by atoms with E-state index in [0.29, 0.717) is 11.4 Å². The lowest BCUT2D eigenvalue weighted by Crippen LogP contribution is -2.35. The van der Waals surface area contributed by atoms with E-state index in [-0.39, 0.29) is 12.0 Å². The molecule has 1 aromatic carbocycles. The Morgan fingerprint density at radius 1 is 1.00 bits per heavy atom. The molecule has 5 nitrogen and oxygen atoms in total. The summed E-state index contributed by atoms with van der Waals surface area (Å²) < 4.78 is 0. The first-order valence-corrected chi connectivity index (χ1v) is 7.46. The van der Waals surface area contributed by atoms with E-state index in [2.05, 4.69) is 36.4 Å². The highest BCUT2D eigenvalue weighted by atomic mass is 16.2. The molecule has 0 spiro atoms. The summed E-state index contributed by atoms with van der Waals surface area (Å²) in [5.74, 6) is -1.38. The van der Waals surface area contributed by atoms with Gasteiger partial charge in [0.15, 0.2) is 0 Å². The SMILES string of the molecule is CC(C)(C)c1ccc(NC(=O)C(=O)NCc2ccccn2)cc1. The average Bonchev–Trinajstić information content (AvgIpc) is 2.53. The quantitative estimate of drug-likeness (QED) is 0.856. The Labute approximate surface area is 136 Å². The number of rotatable bonds is 3. The molecule has 2 rings (SSSR count). The molecule has 120 valence electrons. The van der Waals surface area contributed by atoms with E-state index < -0.39 is 11.8 Å². The zero-order valence-electron chi connectivity index (χ0n) is 13.6. The van der Waals surface area contributed by atoms with Gasteiger partial charge in [-0.3, -0.25) is 14.6 Å². The second kappa shape index (κ2) is 7.05. The Bertz CT molecular complexity index is 674. The molecule has 2 aromatic rings. The molecule has 0 unspecified atom stereocenters. The average molecular weight is 311 g/mol. The number of hydrogen-bond donors (Lipinski definition) is 2. The molecule has 0 saturated heterocycles. The van der Waals surface area contributed by atoms with Crippen molar-refractivity contribution in [2.45, 2.75) is 32.7 Å². The Morgan fingerprint density at radius 3 is 2.26 bits per heavy atom. The van der Waals surface area contributed by atoms with Crippen molar-refractivity contribution in [2.75, 3.05) is 5.32 Å². The first-order chi connectivity index (χ1) is 10.9. The van der Waals surface area contributed by atoms with Crippen LogP contribution in [-0.4, -0.2) is 16.8 Å². The Kier molecular flexibility index (Phi) is 5.11. The van der Waals surface area contributed by atoms with Crippen LogP contribution < -0.4 is 10.6 Å². The maximum atomic E-state index is 11.9. The summed E-state index contributed by atoms with van der Waals surface area (Å²) in [6, 6.07) is 12.9. The fourth-order valence-corrected chi connectivity index (χ4v) is 2.00. The van der Waals surface area contributed by atoms with Crippen LogP contribution >= 0.6 is 0 Å². The molecule has 0 aliphatic heterocycles. The number of pyridine rings is 1. The van der Waals surface area contributed by atoms with Crippen LogP contribution in [0.1, 0.15) is 32.0 Å². The maximum absolute atomic E-state index is 11.9. The lowest BCUT2D eigenvalue weighted by Gasteiger charge is -2.19. The van der Waals surface area contributed by atoms with Gasteiger partial charge in [0.1, 0.15) is 0 Å². The van der Waals surface area contributed by atoms with Crippen LogP contribution in [0.2, 0.25) is 0 Å². The fourth-order valence-electron chi connectivity index (χ4n) is 2.00. The van der Waals surface area contributed by atoms with Gasteiger partial charge < -0.3 is 10.6 Å². The van der Waals surface area contributed by atoms with Crippen LogP contribution in [0, 0.1) is 0 Å². The van der Waals surface area contributed by atoms with Crippen molar-refractivity contribution in [1.82, 2.24) is 10.3 Å². The van der Waals surface area contributed by atoms with E-state index in [4.69, 9.17) is 0 Å². The number of amides is 2. The summed E-state index contributed by atoms with van der Waals surface area (Å²) >= 11 is 0. The summed E-state index contributed by atoms with van der Waals surface area (Å²) in [6.45, 7) is 6.57. The van der Waals surface area contributed by atoms with Gasteiger partial charge in [0.25, 0.3) is 0 Å². The van der Waals surface area contributed by atoms with Gasteiger partial charge in [-0.15, -0.1) is 0 Å². The highest BCUT2D eigenvalue weighted by Gasteiger charge is 2.15. The third kappa shape index (κ3) is 4.92. The van der Waals surface area contributed by atoms with Crippen molar-refractivity contribution >= 4 is 17.5 Å². The van der Waals surface area contributed by atoms with Gasteiger partial charge in [-0.05, 0) is 35.2 Å². The first-order valence-electron chi connectivity index (χ1n) is 7.46. The maximum Gasteiger partial charge on any atom is 0.313 e. The topological polar surface area (TPSA) is 71.1 Å². The van der Waals surface area contributed by atoms with Gasteiger partial charge in [0.05, 0.1) is 12.2 Å². The van der Waals surface area contributed by atoms with E-state index in [1.807, 2.05) is 18.2 Å². The van der Waals surface area contributed by atoms with Crippen LogP contribution in [-0.2, 0) is 21.5 Å². The molecular formula is C18H21N3O2. The minimum atomic E-state index is -0.690. The minimum Gasteiger partial charge on any atom is -0.342 e. The lowest BCUT2D eigenvalue weighted by molar-refractivity contribution is -0.136. The molecule has 1 aromatic heterocycles. The summed E-state index contributed by atoms with van der Waals surface area (Å²) in [4.78, 5) is 27.7. The molecule has 0 aliphatic carbocycles. The third-order valence-electron chi connectivity index (χ3n) is 3.37. The molecule has 23 heavy (non-hydrogen) atoms. The Morgan fingerprint density at radius 2 is 1.70 bits per heavy atom. The highest BCUT2D eigenvalue weighted by Crippen LogP contribution is 2.23. The summed E-state index contributed by atoms with van der Waals surface area (Å²) in [5.41, 5.74) is 2.50. The van der Waals surface area contributed by atoms with Crippen molar-refractivity contribution in [3.8, 4) is 0 Å². The van der Waals surface area contributed by atoms with Crippen molar-refractivity contribution in [3.63, 3.8) is 0 Å². The molecular weight excluding hydrogens is 290 g/mol. The third-order valence-corrected chi connectivity index (χ3v) is 3.37. The zero-order chi connectivity index (χ0) is 16.9. The molecule has 2 N–H and O–H groups in total. The van der Waals surface area contributed by atoms with Crippen LogP contribution in [0.25, 0.3) is 0 Å². The molecule has 0 atom stereocenters. The highest BCUT2D eigenvalue weighted by molar-refractivity contribution is 6.39. The molecule has 5 heteroatoms. The molecule has 2 amide bonds. The first kappa shape index (κ1) is 16.7. The number of aromatic nitrogens is 1. The molecule has 0 radical (unpaired) electrons. The smallest absolute Gasteiger partial charge is 0.313 e. The van der Waals surface area contributed by atoms with Crippen LogP contribution in [0.15, 0.2) is 48.7 Å². The number of nitrogens with one attached hydrogen (secondary N) is 2. The van der Waals surface area contributed by atoms with Gasteiger partial charge in [-0.1, -0.05) is 39.0 Å². The molecule has 0 bridgehead atoms. The van der Waals surface area contributed by atoms with Gasteiger partial charge >= 0.3 is 11.8 Å².